The molecule has 24 heavy (non-hydrogen) atoms. The molecule has 0 bridgehead atoms. The van der Waals surface area contributed by atoms with Crippen molar-refractivity contribution in [1.82, 2.24) is 0 Å². The minimum Gasteiger partial charge on any atom is -0.289 e. The number of fused-ring (bicyclic) bond motifs is 1. The molecule has 0 radical (unpaired) electrons. The predicted molar refractivity (Wildman–Crippen MR) is 93.7 cm³/mol. The van der Waals surface area contributed by atoms with Crippen molar-refractivity contribution in [3.05, 3.63) is 75.8 Å². The Morgan fingerprint density at radius 2 is 1.46 bits per heavy atom. The molecule has 0 unspecified atom stereocenters. The van der Waals surface area contributed by atoms with Gasteiger partial charge in [-0.3, -0.25) is 9.35 Å². The molecule has 0 aliphatic rings. The highest BCUT2D eigenvalue weighted by atomic mass is 35.5. The van der Waals surface area contributed by atoms with Crippen molar-refractivity contribution in [2.45, 2.75) is 4.90 Å². The number of benzene rings is 3. The van der Waals surface area contributed by atoms with Crippen molar-refractivity contribution >= 4 is 49.9 Å². The quantitative estimate of drug-likeness (QED) is 0.531. The van der Waals surface area contributed by atoms with Crippen LogP contribution in [-0.2, 0) is 10.1 Å². The monoisotopic (exact) mass is 380 g/mol. The van der Waals surface area contributed by atoms with Crippen LogP contribution in [0.4, 0.5) is 0 Å². The minimum atomic E-state index is -4.40. The molecule has 0 fully saturated rings. The Kier molecular flexibility index (Phi) is 4.36. The van der Waals surface area contributed by atoms with Crippen molar-refractivity contribution in [3.63, 3.8) is 0 Å². The fraction of sp³-hybridized carbons (Fsp3) is 0. The average Bonchev–Trinajstić information content (AvgIpc) is 2.51. The van der Waals surface area contributed by atoms with Crippen molar-refractivity contribution in [3.8, 4) is 0 Å². The number of rotatable bonds is 3. The van der Waals surface area contributed by atoms with Crippen LogP contribution in [0.3, 0.4) is 0 Å². The fourth-order valence-electron chi connectivity index (χ4n) is 2.53. The first kappa shape index (κ1) is 16.9. The van der Waals surface area contributed by atoms with Gasteiger partial charge in [-0.2, -0.15) is 8.42 Å². The molecule has 0 aliphatic heterocycles. The lowest BCUT2D eigenvalue weighted by Gasteiger charge is -2.09. The summed E-state index contributed by atoms with van der Waals surface area (Å²) in [6.07, 6.45) is 0. The second kappa shape index (κ2) is 6.18. The zero-order valence-electron chi connectivity index (χ0n) is 12.0. The number of carbonyl (C=O) groups is 1. The molecule has 0 saturated heterocycles. The third-order valence-electron chi connectivity index (χ3n) is 3.53. The van der Waals surface area contributed by atoms with E-state index in [0.717, 1.165) is 0 Å². The van der Waals surface area contributed by atoms with Gasteiger partial charge in [0.15, 0.2) is 5.78 Å². The summed E-state index contributed by atoms with van der Waals surface area (Å²) in [5, 5.41) is 1.32. The van der Waals surface area contributed by atoms with Crippen LogP contribution in [0.5, 0.6) is 0 Å². The number of hydrogen-bond acceptors (Lipinski definition) is 3. The molecule has 0 aliphatic carbocycles. The Balaban J connectivity index is 2.26. The molecule has 1 N–H and O–H groups in total. The molecule has 0 saturated carbocycles. The number of carbonyl (C=O) groups excluding carboxylic acids is 1. The summed E-state index contributed by atoms with van der Waals surface area (Å²) >= 11 is 11.9. The summed E-state index contributed by atoms with van der Waals surface area (Å²) in [6, 6.07) is 13.5. The Bertz CT molecular complexity index is 1050. The van der Waals surface area contributed by atoms with Gasteiger partial charge in [0.25, 0.3) is 10.1 Å². The van der Waals surface area contributed by atoms with Crippen LogP contribution in [0, 0.1) is 0 Å². The lowest BCUT2D eigenvalue weighted by Crippen LogP contribution is -2.05. The van der Waals surface area contributed by atoms with Crippen LogP contribution < -0.4 is 0 Å². The summed E-state index contributed by atoms with van der Waals surface area (Å²) in [6.45, 7) is 0. The van der Waals surface area contributed by atoms with Crippen molar-refractivity contribution in [1.29, 1.82) is 0 Å². The second-order valence-corrected chi connectivity index (χ2v) is 7.38. The van der Waals surface area contributed by atoms with E-state index in [4.69, 9.17) is 23.2 Å². The largest absolute Gasteiger partial charge is 0.295 e. The highest BCUT2D eigenvalue weighted by molar-refractivity contribution is 7.86. The van der Waals surface area contributed by atoms with E-state index >= 15 is 0 Å². The maximum Gasteiger partial charge on any atom is 0.295 e. The van der Waals surface area contributed by atoms with Crippen LogP contribution >= 0.6 is 23.2 Å². The molecular weight excluding hydrogens is 371 g/mol. The van der Waals surface area contributed by atoms with Gasteiger partial charge >= 0.3 is 0 Å². The van der Waals surface area contributed by atoms with Crippen molar-refractivity contribution in [2.75, 3.05) is 0 Å². The van der Waals surface area contributed by atoms with Crippen LogP contribution in [0.2, 0.25) is 10.0 Å². The maximum atomic E-state index is 12.8. The van der Waals surface area contributed by atoms with Crippen LogP contribution in [0.15, 0.2) is 59.5 Å². The molecule has 0 amide bonds. The molecule has 122 valence electrons. The first-order valence-electron chi connectivity index (χ1n) is 6.77. The van der Waals surface area contributed by atoms with Crippen LogP contribution in [0.25, 0.3) is 10.8 Å². The molecule has 0 heterocycles. The summed E-state index contributed by atoms with van der Waals surface area (Å²) < 4.78 is 32.4. The molecule has 0 atom stereocenters. The lowest BCUT2D eigenvalue weighted by molar-refractivity contribution is 0.104. The molecule has 4 nitrogen and oxygen atoms in total. The van der Waals surface area contributed by atoms with E-state index in [2.05, 4.69) is 0 Å². The van der Waals surface area contributed by atoms with Gasteiger partial charge < -0.3 is 0 Å². The van der Waals surface area contributed by atoms with Gasteiger partial charge in [-0.1, -0.05) is 47.5 Å². The molecular formula is C17H10Cl2O4S. The van der Waals surface area contributed by atoms with Crippen molar-refractivity contribution in [2.24, 2.45) is 0 Å². The topological polar surface area (TPSA) is 71.4 Å². The molecule has 0 spiro atoms. The lowest BCUT2D eigenvalue weighted by atomic mass is 9.97. The molecule has 0 aromatic heterocycles. The van der Waals surface area contributed by atoms with Gasteiger partial charge in [0.1, 0.15) is 4.90 Å². The standard InChI is InChI=1S/C17H10Cl2O4S/c18-11-7-10(8-12(19)9-11)17(20)15-5-6-16(24(21,22)23)14-4-2-1-3-13(14)15/h1-9H,(H,21,22,23). The first-order chi connectivity index (χ1) is 11.3. The summed E-state index contributed by atoms with van der Waals surface area (Å²) in [7, 11) is -4.40. The van der Waals surface area contributed by atoms with E-state index in [0.29, 0.717) is 15.4 Å². The van der Waals surface area contributed by atoms with E-state index in [1.54, 1.807) is 18.2 Å². The molecule has 3 rings (SSSR count). The van der Waals surface area contributed by atoms with Gasteiger partial charge in [-0.15, -0.1) is 0 Å². The SMILES string of the molecule is O=C(c1cc(Cl)cc(Cl)c1)c1ccc(S(=O)(=O)O)c2ccccc12. The summed E-state index contributed by atoms with van der Waals surface area (Å²) in [5.41, 5.74) is 0.577. The smallest absolute Gasteiger partial charge is 0.289 e. The predicted octanol–water partition coefficient (Wildman–Crippen LogP) is 4.62. The third kappa shape index (κ3) is 3.16. The Labute approximate surface area is 148 Å². The summed E-state index contributed by atoms with van der Waals surface area (Å²) in [4.78, 5) is 12.5. The van der Waals surface area contributed by atoms with Gasteiger partial charge in [0, 0.05) is 26.6 Å². The number of hydrogen-bond donors (Lipinski definition) is 1. The van der Waals surface area contributed by atoms with E-state index in [9.17, 15) is 17.8 Å². The highest BCUT2D eigenvalue weighted by Gasteiger charge is 2.19. The van der Waals surface area contributed by atoms with E-state index in [1.807, 2.05) is 0 Å². The van der Waals surface area contributed by atoms with Gasteiger partial charge in [0.05, 0.1) is 0 Å². The normalized spacial score (nSPS) is 11.6. The fourth-order valence-corrected chi connectivity index (χ4v) is 3.76. The van der Waals surface area contributed by atoms with E-state index in [-0.39, 0.29) is 27.2 Å². The van der Waals surface area contributed by atoms with E-state index < -0.39 is 10.1 Å². The Morgan fingerprint density at radius 3 is 2.04 bits per heavy atom. The average molecular weight is 381 g/mol. The van der Waals surface area contributed by atoms with E-state index in [1.165, 1.54) is 36.4 Å². The molecule has 3 aromatic carbocycles. The maximum absolute atomic E-state index is 12.8. The third-order valence-corrected chi connectivity index (χ3v) is 4.88. The Hall–Kier alpha value is -1.92. The van der Waals surface area contributed by atoms with Gasteiger partial charge in [-0.25, -0.2) is 0 Å². The van der Waals surface area contributed by atoms with Crippen LogP contribution in [0.1, 0.15) is 15.9 Å². The Morgan fingerprint density at radius 1 is 0.875 bits per heavy atom. The minimum absolute atomic E-state index is 0.251. The van der Waals surface area contributed by atoms with Gasteiger partial charge in [-0.05, 0) is 35.7 Å². The van der Waals surface area contributed by atoms with Gasteiger partial charge in [0.2, 0.25) is 0 Å². The first-order valence-corrected chi connectivity index (χ1v) is 8.97. The zero-order chi connectivity index (χ0) is 17.5. The van der Waals surface area contributed by atoms with Crippen molar-refractivity contribution < 1.29 is 17.8 Å². The highest BCUT2D eigenvalue weighted by Crippen LogP contribution is 2.29. The number of halogens is 2. The molecule has 3 aromatic rings. The second-order valence-electron chi connectivity index (χ2n) is 5.12. The molecule has 7 heteroatoms. The number of ketones is 1. The van der Waals surface area contributed by atoms with Crippen LogP contribution in [-0.4, -0.2) is 18.8 Å². The summed E-state index contributed by atoms with van der Waals surface area (Å²) in [5.74, 6) is -0.350. The zero-order valence-corrected chi connectivity index (χ0v) is 14.4.